The molecule has 0 atom stereocenters. The number of rotatable bonds is 1. The summed E-state index contributed by atoms with van der Waals surface area (Å²) in [5, 5.41) is 0.770. The standard InChI is InChI=1S/C8H6BrCl/c9-6-5-7-1-3-8(10)4-2-7/h1-6H/b6-5-. The van der Waals surface area contributed by atoms with Crippen LogP contribution in [0.3, 0.4) is 0 Å². The Labute approximate surface area is 73.6 Å². The smallest absolute Gasteiger partial charge is 0.0406 e. The second-order valence-electron chi connectivity index (χ2n) is 1.84. The first-order valence-electron chi connectivity index (χ1n) is 2.85. The largest absolute Gasteiger partial charge is 0.0843 e. The van der Waals surface area contributed by atoms with Gasteiger partial charge in [0.15, 0.2) is 0 Å². The molecule has 0 nitrogen and oxygen atoms in total. The Balaban J connectivity index is 2.89. The van der Waals surface area contributed by atoms with Crippen LogP contribution < -0.4 is 0 Å². The molecule has 0 bridgehead atoms. The quantitative estimate of drug-likeness (QED) is 0.673. The van der Waals surface area contributed by atoms with Crippen molar-refractivity contribution in [2.24, 2.45) is 0 Å². The molecule has 0 aromatic heterocycles. The third kappa shape index (κ3) is 2.16. The predicted molar refractivity (Wildman–Crippen MR) is 49.4 cm³/mol. The Morgan fingerprint density at radius 3 is 2.30 bits per heavy atom. The van der Waals surface area contributed by atoms with Gasteiger partial charge in [-0.15, -0.1) is 0 Å². The molecule has 0 aliphatic heterocycles. The van der Waals surface area contributed by atoms with Crippen LogP contribution in [-0.2, 0) is 0 Å². The molecule has 1 aromatic carbocycles. The van der Waals surface area contributed by atoms with Crippen LogP contribution in [0.5, 0.6) is 0 Å². The first-order chi connectivity index (χ1) is 4.83. The van der Waals surface area contributed by atoms with Gasteiger partial charge < -0.3 is 0 Å². The van der Waals surface area contributed by atoms with Crippen LogP contribution in [0.15, 0.2) is 29.3 Å². The van der Waals surface area contributed by atoms with E-state index in [-0.39, 0.29) is 0 Å². The summed E-state index contributed by atoms with van der Waals surface area (Å²) in [5.41, 5.74) is 1.14. The average molecular weight is 217 g/mol. The second-order valence-corrected chi connectivity index (χ2v) is 2.81. The van der Waals surface area contributed by atoms with Gasteiger partial charge in [-0.25, -0.2) is 0 Å². The van der Waals surface area contributed by atoms with E-state index in [0.717, 1.165) is 10.6 Å². The molecular formula is C8H6BrCl. The summed E-state index contributed by atoms with van der Waals surface area (Å²) in [6.45, 7) is 0. The Hall–Kier alpha value is -0.270. The van der Waals surface area contributed by atoms with Gasteiger partial charge in [0.1, 0.15) is 0 Å². The highest BCUT2D eigenvalue weighted by Crippen LogP contribution is 2.10. The molecule has 0 radical (unpaired) electrons. The molecule has 0 unspecified atom stereocenters. The molecule has 52 valence electrons. The van der Waals surface area contributed by atoms with E-state index in [1.54, 1.807) is 0 Å². The van der Waals surface area contributed by atoms with Crippen molar-refractivity contribution in [1.82, 2.24) is 0 Å². The third-order valence-corrected chi connectivity index (χ3v) is 1.64. The maximum Gasteiger partial charge on any atom is 0.0406 e. The molecule has 0 heterocycles. The average Bonchev–Trinajstić information content (AvgIpc) is 1.95. The highest BCUT2D eigenvalue weighted by atomic mass is 79.9. The van der Waals surface area contributed by atoms with Gasteiger partial charge in [0.25, 0.3) is 0 Å². The number of halogens is 2. The summed E-state index contributed by atoms with van der Waals surface area (Å²) < 4.78 is 0. The normalized spacial score (nSPS) is 10.6. The van der Waals surface area contributed by atoms with Gasteiger partial charge in [-0.05, 0) is 28.8 Å². The van der Waals surface area contributed by atoms with Crippen LogP contribution in [-0.4, -0.2) is 0 Å². The minimum atomic E-state index is 0.770. The predicted octanol–water partition coefficient (Wildman–Crippen LogP) is 3.71. The topological polar surface area (TPSA) is 0 Å². The zero-order valence-corrected chi connectivity index (χ0v) is 7.56. The van der Waals surface area contributed by atoms with E-state index in [9.17, 15) is 0 Å². The summed E-state index contributed by atoms with van der Waals surface area (Å²) in [6.07, 6.45) is 1.95. The molecular weight excluding hydrogens is 211 g/mol. The maximum atomic E-state index is 5.68. The van der Waals surface area contributed by atoms with Crippen molar-refractivity contribution in [2.75, 3.05) is 0 Å². The Bertz CT molecular complexity index is 226. The number of hydrogen-bond acceptors (Lipinski definition) is 0. The van der Waals surface area contributed by atoms with Gasteiger partial charge in [0.2, 0.25) is 0 Å². The van der Waals surface area contributed by atoms with Crippen molar-refractivity contribution in [3.05, 3.63) is 39.8 Å². The van der Waals surface area contributed by atoms with Crippen LogP contribution in [0, 0.1) is 0 Å². The van der Waals surface area contributed by atoms with Gasteiger partial charge >= 0.3 is 0 Å². The molecule has 0 aliphatic rings. The molecule has 1 aromatic rings. The van der Waals surface area contributed by atoms with E-state index in [2.05, 4.69) is 15.9 Å². The summed E-state index contributed by atoms with van der Waals surface area (Å²) in [4.78, 5) is 1.82. The van der Waals surface area contributed by atoms with E-state index in [1.165, 1.54) is 0 Å². The molecule has 0 fully saturated rings. The Kier molecular flexibility index (Phi) is 2.97. The molecule has 0 amide bonds. The molecule has 1 rings (SSSR count). The molecule has 10 heavy (non-hydrogen) atoms. The number of hydrogen-bond donors (Lipinski definition) is 0. The zero-order valence-electron chi connectivity index (χ0n) is 5.22. The molecule has 0 spiro atoms. The van der Waals surface area contributed by atoms with E-state index in [1.807, 2.05) is 35.3 Å². The molecule has 0 N–H and O–H groups in total. The summed E-state index contributed by atoms with van der Waals surface area (Å²) in [7, 11) is 0. The van der Waals surface area contributed by atoms with Crippen LogP contribution in [0.1, 0.15) is 5.56 Å². The van der Waals surface area contributed by atoms with Crippen molar-refractivity contribution in [3.63, 3.8) is 0 Å². The lowest BCUT2D eigenvalue weighted by molar-refractivity contribution is 1.66. The first kappa shape index (κ1) is 7.83. The van der Waals surface area contributed by atoms with Crippen molar-refractivity contribution in [2.45, 2.75) is 0 Å². The fourth-order valence-corrected chi connectivity index (χ4v) is 1.08. The van der Waals surface area contributed by atoms with Gasteiger partial charge in [0, 0.05) is 5.02 Å². The second kappa shape index (κ2) is 3.79. The highest BCUT2D eigenvalue weighted by Gasteiger charge is 1.85. The lowest BCUT2D eigenvalue weighted by Gasteiger charge is -1.90. The molecule has 0 saturated carbocycles. The minimum Gasteiger partial charge on any atom is -0.0843 e. The van der Waals surface area contributed by atoms with E-state index in [0.29, 0.717) is 0 Å². The lowest BCUT2D eigenvalue weighted by Crippen LogP contribution is -1.67. The Morgan fingerprint density at radius 1 is 1.20 bits per heavy atom. The van der Waals surface area contributed by atoms with Gasteiger partial charge in [-0.3, -0.25) is 0 Å². The molecule has 0 saturated heterocycles. The summed E-state index contributed by atoms with van der Waals surface area (Å²) in [5.74, 6) is 0. The van der Waals surface area contributed by atoms with Crippen LogP contribution in [0.25, 0.3) is 6.08 Å². The third-order valence-electron chi connectivity index (χ3n) is 1.13. The van der Waals surface area contributed by atoms with Crippen molar-refractivity contribution >= 4 is 33.6 Å². The fraction of sp³-hybridized carbons (Fsp3) is 0. The van der Waals surface area contributed by atoms with Crippen molar-refractivity contribution in [3.8, 4) is 0 Å². The maximum absolute atomic E-state index is 5.68. The molecule has 0 aliphatic carbocycles. The van der Waals surface area contributed by atoms with Crippen molar-refractivity contribution in [1.29, 1.82) is 0 Å². The fourth-order valence-electron chi connectivity index (χ4n) is 0.647. The SMILES string of the molecule is Clc1ccc(/C=C\Br)cc1. The first-order valence-corrected chi connectivity index (χ1v) is 4.14. The van der Waals surface area contributed by atoms with Gasteiger partial charge in [-0.1, -0.05) is 39.7 Å². The van der Waals surface area contributed by atoms with Crippen LogP contribution in [0.4, 0.5) is 0 Å². The van der Waals surface area contributed by atoms with Crippen LogP contribution >= 0.6 is 27.5 Å². The summed E-state index contributed by atoms with van der Waals surface area (Å²) >= 11 is 8.87. The van der Waals surface area contributed by atoms with Crippen molar-refractivity contribution < 1.29 is 0 Å². The summed E-state index contributed by atoms with van der Waals surface area (Å²) in [6, 6.07) is 7.65. The van der Waals surface area contributed by atoms with E-state index >= 15 is 0 Å². The van der Waals surface area contributed by atoms with E-state index in [4.69, 9.17) is 11.6 Å². The van der Waals surface area contributed by atoms with Gasteiger partial charge in [0.05, 0.1) is 0 Å². The van der Waals surface area contributed by atoms with Crippen LogP contribution in [0.2, 0.25) is 5.02 Å². The highest BCUT2D eigenvalue weighted by molar-refractivity contribution is 9.11. The Morgan fingerprint density at radius 2 is 1.80 bits per heavy atom. The van der Waals surface area contributed by atoms with E-state index < -0.39 is 0 Å². The monoisotopic (exact) mass is 216 g/mol. The minimum absolute atomic E-state index is 0.770. The zero-order chi connectivity index (χ0) is 7.40. The van der Waals surface area contributed by atoms with Gasteiger partial charge in [-0.2, -0.15) is 0 Å². The molecule has 2 heteroatoms. The lowest BCUT2D eigenvalue weighted by atomic mass is 10.2. The number of benzene rings is 1.